The number of piperidine rings is 1. The number of non-ortho nitro benzene ring substituents is 1. The van der Waals surface area contributed by atoms with Gasteiger partial charge in [-0.3, -0.25) is 15.0 Å². The van der Waals surface area contributed by atoms with E-state index in [0.717, 1.165) is 25.9 Å². The minimum absolute atomic E-state index is 0.0273. The van der Waals surface area contributed by atoms with E-state index < -0.39 is 4.92 Å². The maximum Gasteiger partial charge on any atom is 0.269 e. The molecule has 8 nitrogen and oxygen atoms in total. The predicted octanol–water partition coefficient (Wildman–Crippen LogP) is 2.24. The van der Waals surface area contributed by atoms with Crippen LogP contribution in [0.3, 0.4) is 0 Å². The molecule has 0 aliphatic carbocycles. The Labute approximate surface area is 139 Å². The molecule has 1 aromatic carbocycles. The van der Waals surface area contributed by atoms with Crippen molar-refractivity contribution in [3.63, 3.8) is 0 Å². The molecule has 1 atom stereocenters. The monoisotopic (exact) mass is 332 g/mol. The van der Waals surface area contributed by atoms with Gasteiger partial charge in [0.05, 0.1) is 17.6 Å². The van der Waals surface area contributed by atoms with Gasteiger partial charge in [-0.1, -0.05) is 0 Å². The lowest BCUT2D eigenvalue weighted by Crippen LogP contribution is -2.36. The van der Waals surface area contributed by atoms with Gasteiger partial charge in [0.2, 0.25) is 11.8 Å². The molecule has 1 fully saturated rings. The lowest BCUT2D eigenvalue weighted by Gasteiger charge is -2.32. The molecular formula is C16H20N4O4. The standard InChI is InChI=1S/C16H20N4O4/c1-11(21)12-6-8-19(9-7-12)10-15-17-18-16(24-15)13-2-4-14(5-3-13)20(22)23/h2-5,11-12,21H,6-10H2,1H3. The second-order valence-electron chi connectivity index (χ2n) is 6.16. The van der Waals surface area contributed by atoms with Gasteiger partial charge in [0.1, 0.15) is 0 Å². The van der Waals surface area contributed by atoms with Crippen LogP contribution in [0, 0.1) is 16.0 Å². The van der Waals surface area contributed by atoms with Gasteiger partial charge in [-0.2, -0.15) is 0 Å². The molecule has 1 aliphatic rings. The summed E-state index contributed by atoms with van der Waals surface area (Å²) >= 11 is 0. The average molecular weight is 332 g/mol. The molecule has 0 radical (unpaired) electrons. The Morgan fingerprint density at radius 2 is 2.00 bits per heavy atom. The highest BCUT2D eigenvalue weighted by molar-refractivity contribution is 5.55. The first-order valence-electron chi connectivity index (χ1n) is 8.00. The first-order valence-corrected chi connectivity index (χ1v) is 8.00. The van der Waals surface area contributed by atoms with Gasteiger partial charge in [0.25, 0.3) is 5.69 Å². The highest BCUT2D eigenvalue weighted by Crippen LogP contribution is 2.24. The third-order valence-corrected chi connectivity index (χ3v) is 4.47. The van der Waals surface area contributed by atoms with Gasteiger partial charge in [-0.05, 0) is 50.9 Å². The van der Waals surface area contributed by atoms with Crippen LogP contribution in [0.15, 0.2) is 28.7 Å². The second kappa shape index (κ2) is 7.06. The largest absolute Gasteiger partial charge is 0.419 e. The summed E-state index contributed by atoms with van der Waals surface area (Å²) in [7, 11) is 0. The SMILES string of the molecule is CC(O)C1CCN(Cc2nnc(-c3ccc([N+](=O)[O-])cc3)o2)CC1. The maximum absolute atomic E-state index is 10.7. The fourth-order valence-corrected chi connectivity index (χ4v) is 2.94. The molecule has 3 rings (SSSR count). The number of benzene rings is 1. The molecule has 0 spiro atoms. The van der Waals surface area contributed by atoms with E-state index in [2.05, 4.69) is 15.1 Å². The summed E-state index contributed by atoms with van der Waals surface area (Å²) in [5, 5.41) is 28.4. The van der Waals surface area contributed by atoms with Crippen LogP contribution >= 0.6 is 0 Å². The van der Waals surface area contributed by atoms with Gasteiger partial charge in [0.15, 0.2) is 0 Å². The number of aliphatic hydroxyl groups excluding tert-OH is 1. The van der Waals surface area contributed by atoms with E-state index in [4.69, 9.17) is 4.42 Å². The van der Waals surface area contributed by atoms with Crippen molar-refractivity contribution >= 4 is 5.69 Å². The topological polar surface area (TPSA) is 106 Å². The first-order chi connectivity index (χ1) is 11.5. The number of nitrogens with zero attached hydrogens (tertiary/aromatic N) is 4. The number of likely N-dealkylation sites (tertiary alicyclic amines) is 1. The molecule has 1 aromatic heterocycles. The van der Waals surface area contributed by atoms with E-state index in [0.29, 0.717) is 29.8 Å². The number of hydrogen-bond acceptors (Lipinski definition) is 7. The van der Waals surface area contributed by atoms with Crippen molar-refractivity contribution in [2.75, 3.05) is 13.1 Å². The summed E-state index contributed by atoms with van der Waals surface area (Å²) in [6.07, 6.45) is 1.66. The highest BCUT2D eigenvalue weighted by atomic mass is 16.6. The summed E-state index contributed by atoms with van der Waals surface area (Å²) in [6, 6.07) is 6.03. The number of aliphatic hydroxyl groups is 1. The molecule has 2 aromatic rings. The molecule has 24 heavy (non-hydrogen) atoms. The van der Waals surface area contributed by atoms with Gasteiger partial charge in [-0.15, -0.1) is 10.2 Å². The molecule has 0 bridgehead atoms. The molecular weight excluding hydrogens is 312 g/mol. The Morgan fingerprint density at radius 3 is 2.58 bits per heavy atom. The Balaban J connectivity index is 1.61. The molecule has 1 aliphatic heterocycles. The van der Waals surface area contributed by atoms with Crippen LogP contribution in [-0.4, -0.2) is 44.3 Å². The van der Waals surface area contributed by atoms with E-state index in [-0.39, 0.29) is 11.8 Å². The average Bonchev–Trinajstić information content (AvgIpc) is 3.04. The smallest absolute Gasteiger partial charge is 0.269 e. The fourth-order valence-electron chi connectivity index (χ4n) is 2.94. The van der Waals surface area contributed by atoms with Crippen molar-refractivity contribution < 1.29 is 14.4 Å². The highest BCUT2D eigenvalue weighted by Gasteiger charge is 2.23. The Hall–Kier alpha value is -2.32. The third kappa shape index (κ3) is 3.77. The zero-order chi connectivity index (χ0) is 17.1. The maximum atomic E-state index is 10.7. The van der Waals surface area contributed by atoms with Crippen LogP contribution in [0.1, 0.15) is 25.7 Å². The lowest BCUT2D eigenvalue weighted by atomic mass is 9.92. The van der Waals surface area contributed by atoms with E-state index in [1.165, 1.54) is 12.1 Å². The molecule has 2 heterocycles. The summed E-state index contributed by atoms with van der Waals surface area (Å²) in [5.74, 6) is 1.25. The zero-order valence-corrected chi connectivity index (χ0v) is 13.5. The second-order valence-corrected chi connectivity index (χ2v) is 6.16. The Morgan fingerprint density at radius 1 is 1.33 bits per heavy atom. The summed E-state index contributed by atoms with van der Waals surface area (Å²) in [5.41, 5.74) is 0.687. The van der Waals surface area contributed by atoms with Gasteiger partial charge in [-0.25, -0.2) is 0 Å². The van der Waals surface area contributed by atoms with Crippen molar-refractivity contribution in [2.45, 2.75) is 32.4 Å². The molecule has 0 saturated carbocycles. The third-order valence-electron chi connectivity index (χ3n) is 4.47. The van der Waals surface area contributed by atoms with Gasteiger partial charge in [0, 0.05) is 17.7 Å². The Bertz CT molecular complexity index is 690. The van der Waals surface area contributed by atoms with Crippen molar-refractivity contribution in [1.82, 2.24) is 15.1 Å². The fraction of sp³-hybridized carbons (Fsp3) is 0.500. The summed E-state index contributed by atoms with van der Waals surface area (Å²) in [4.78, 5) is 12.5. The molecule has 1 unspecified atom stereocenters. The van der Waals surface area contributed by atoms with Crippen LogP contribution in [0.5, 0.6) is 0 Å². The van der Waals surface area contributed by atoms with Crippen LogP contribution in [0.2, 0.25) is 0 Å². The van der Waals surface area contributed by atoms with Crippen molar-refractivity contribution in [3.05, 3.63) is 40.3 Å². The summed E-state index contributed by atoms with van der Waals surface area (Å²) < 4.78 is 5.66. The van der Waals surface area contributed by atoms with Crippen LogP contribution < -0.4 is 0 Å². The van der Waals surface area contributed by atoms with Crippen molar-refractivity contribution in [2.24, 2.45) is 5.92 Å². The van der Waals surface area contributed by atoms with Crippen molar-refractivity contribution in [1.29, 1.82) is 0 Å². The zero-order valence-electron chi connectivity index (χ0n) is 13.5. The van der Waals surface area contributed by atoms with Crippen LogP contribution in [0.4, 0.5) is 5.69 Å². The number of nitro benzene ring substituents is 1. The number of rotatable bonds is 5. The molecule has 1 N–H and O–H groups in total. The minimum Gasteiger partial charge on any atom is -0.419 e. The van der Waals surface area contributed by atoms with Gasteiger partial charge < -0.3 is 9.52 Å². The molecule has 1 saturated heterocycles. The van der Waals surface area contributed by atoms with Gasteiger partial charge >= 0.3 is 0 Å². The minimum atomic E-state index is -0.445. The Kier molecular flexibility index (Phi) is 4.86. The molecule has 0 amide bonds. The summed E-state index contributed by atoms with van der Waals surface area (Å²) in [6.45, 7) is 4.21. The van der Waals surface area contributed by atoms with E-state index >= 15 is 0 Å². The quantitative estimate of drug-likeness (QED) is 0.661. The molecule has 128 valence electrons. The van der Waals surface area contributed by atoms with E-state index in [1.54, 1.807) is 12.1 Å². The number of hydrogen-bond donors (Lipinski definition) is 1. The number of aromatic nitrogens is 2. The first kappa shape index (κ1) is 16.5. The number of nitro groups is 1. The van der Waals surface area contributed by atoms with E-state index in [9.17, 15) is 15.2 Å². The predicted molar refractivity (Wildman–Crippen MR) is 86.1 cm³/mol. The van der Waals surface area contributed by atoms with Crippen LogP contribution in [-0.2, 0) is 6.54 Å². The van der Waals surface area contributed by atoms with E-state index in [1.807, 2.05) is 6.92 Å². The molecule has 8 heteroatoms. The van der Waals surface area contributed by atoms with Crippen molar-refractivity contribution in [3.8, 4) is 11.5 Å². The lowest BCUT2D eigenvalue weighted by molar-refractivity contribution is -0.384. The van der Waals surface area contributed by atoms with Crippen LogP contribution in [0.25, 0.3) is 11.5 Å². The normalized spacial score (nSPS) is 17.8.